The lowest BCUT2D eigenvalue weighted by molar-refractivity contribution is 0.312. The summed E-state index contributed by atoms with van der Waals surface area (Å²) in [6.45, 7) is 3.84. The molecule has 0 unspecified atom stereocenters. The van der Waals surface area contributed by atoms with Crippen molar-refractivity contribution in [2.45, 2.75) is 24.9 Å². The van der Waals surface area contributed by atoms with Crippen LogP contribution in [-0.4, -0.2) is 28.4 Å². The van der Waals surface area contributed by atoms with Gasteiger partial charge in [-0.2, -0.15) is 5.10 Å². The summed E-state index contributed by atoms with van der Waals surface area (Å²) in [7, 11) is 2.13. The van der Waals surface area contributed by atoms with Gasteiger partial charge in [-0.05, 0) is 37.9 Å². The molecule has 0 atom stereocenters. The van der Waals surface area contributed by atoms with Crippen LogP contribution >= 0.6 is 11.8 Å². The molecule has 3 nitrogen and oxygen atoms in total. The summed E-state index contributed by atoms with van der Waals surface area (Å²) in [5.41, 5.74) is 3.58. The molecular weight excluding hydrogens is 242 g/mol. The van der Waals surface area contributed by atoms with Crippen LogP contribution in [0.25, 0.3) is 0 Å². The molecule has 0 bridgehead atoms. The monoisotopic (exact) mass is 261 g/mol. The van der Waals surface area contributed by atoms with E-state index >= 15 is 0 Å². The first-order chi connectivity index (χ1) is 8.69. The van der Waals surface area contributed by atoms with E-state index in [2.05, 4.69) is 58.7 Å². The van der Waals surface area contributed by atoms with Crippen molar-refractivity contribution < 1.29 is 0 Å². The minimum atomic E-state index is 0.868. The van der Waals surface area contributed by atoms with Crippen molar-refractivity contribution in [2.75, 3.05) is 13.3 Å². The number of benzene rings is 1. The molecule has 0 aliphatic carbocycles. The number of H-pyrrole nitrogens is 1. The normalized spacial score (nSPS) is 11.1. The predicted octanol–water partition coefficient (Wildman–Crippen LogP) is 3.07. The molecule has 1 aromatic heterocycles. The van der Waals surface area contributed by atoms with Gasteiger partial charge in [0, 0.05) is 23.7 Å². The second-order valence-electron chi connectivity index (χ2n) is 4.53. The minimum Gasteiger partial charge on any atom is -0.296 e. The average Bonchev–Trinajstić information content (AvgIpc) is 2.75. The van der Waals surface area contributed by atoms with Gasteiger partial charge in [-0.15, -0.1) is 11.8 Å². The van der Waals surface area contributed by atoms with E-state index in [1.807, 2.05) is 6.92 Å². The molecule has 2 rings (SSSR count). The smallest absolute Gasteiger partial charge is 0.0765 e. The Morgan fingerprint density at radius 2 is 2.06 bits per heavy atom. The second-order valence-corrected chi connectivity index (χ2v) is 5.37. The van der Waals surface area contributed by atoms with Gasteiger partial charge < -0.3 is 0 Å². The summed E-state index contributed by atoms with van der Waals surface area (Å²) in [6, 6.07) is 10.6. The molecule has 1 heterocycles. The van der Waals surface area contributed by atoms with E-state index < -0.39 is 0 Å². The number of aromatic nitrogens is 2. The van der Waals surface area contributed by atoms with Crippen molar-refractivity contribution in [3.05, 3.63) is 47.3 Å². The minimum absolute atomic E-state index is 0.868. The van der Waals surface area contributed by atoms with Gasteiger partial charge in [-0.25, -0.2) is 0 Å². The third kappa shape index (κ3) is 3.37. The Hall–Kier alpha value is -1.26. The van der Waals surface area contributed by atoms with E-state index in [1.54, 1.807) is 11.8 Å². The largest absolute Gasteiger partial charge is 0.296 e. The Labute approximate surface area is 113 Å². The lowest BCUT2D eigenvalue weighted by Gasteiger charge is -2.17. The summed E-state index contributed by atoms with van der Waals surface area (Å²) in [5, 5.41) is 7.25. The number of hydrogen-bond acceptors (Lipinski definition) is 3. The van der Waals surface area contributed by atoms with Crippen LogP contribution < -0.4 is 0 Å². The summed E-state index contributed by atoms with van der Waals surface area (Å²) < 4.78 is 0. The van der Waals surface area contributed by atoms with Gasteiger partial charge in [0.25, 0.3) is 0 Å². The number of nitrogens with zero attached hydrogens (tertiary/aromatic N) is 2. The fourth-order valence-corrected chi connectivity index (χ4v) is 2.62. The SMILES string of the molecule is CSc1ccccc1CN(C)Cc1cc(C)[nH]n1. The van der Waals surface area contributed by atoms with Gasteiger partial charge in [-0.1, -0.05) is 18.2 Å². The molecule has 0 spiro atoms. The highest BCUT2D eigenvalue weighted by atomic mass is 32.2. The van der Waals surface area contributed by atoms with Gasteiger partial charge >= 0.3 is 0 Å². The zero-order valence-corrected chi connectivity index (χ0v) is 11.9. The lowest BCUT2D eigenvalue weighted by atomic mass is 10.2. The molecule has 96 valence electrons. The van der Waals surface area contributed by atoms with Crippen LogP contribution in [0.4, 0.5) is 0 Å². The predicted molar refractivity (Wildman–Crippen MR) is 76.7 cm³/mol. The number of thioether (sulfide) groups is 1. The number of rotatable bonds is 5. The summed E-state index contributed by atoms with van der Waals surface area (Å²) in [6.07, 6.45) is 2.12. The second kappa shape index (κ2) is 6.07. The first-order valence-corrected chi connectivity index (χ1v) is 7.23. The highest BCUT2D eigenvalue weighted by molar-refractivity contribution is 7.98. The van der Waals surface area contributed by atoms with Crippen LogP contribution in [0.1, 0.15) is 17.0 Å². The van der Waals surface area contributed by atoms with Gasteiger partial charge in [0.05, 0.1) is 5.69 Å². The van der Waals surface area contributed by atoms with E-state index in [0.717, 1.165) is 24.5 Å². The van der Waals surface area contributed by atoms with E-state index in [0.29, 0.717) is 0 Å². The summed E-state index contributed by atoms with van der Waals surface area (Å²) in [5.74, 6) is 0. The van der Waals surface area contributed by atoms with Crippen molar-refractivity contribution in [3.63, 3.8) is 0 Å². The van der Waals surface area contributed by atoms with Crippen molar-refractivity contribution in [3.8, 4) is 0 Å². The Kier molecular flexibility index (Phi) is 4.44. The molecule has 0 amide bonds. The molecular formula is C14H19N3S. The zero-order valence-electron chi connectivity index (χ0n) is 11.1. The molecule has 0 saturated carbocycles. The molecule has 1 aromatic carbocycles. The van der Waals surface area contributed by atoms with E-state index in [1.165, 1.54) is 10.5 Å². The average molecular weight is 261 g/mol. The van der Waals surface area contributed by atoms with Crippen LogP contribution in [0.2, 0.25) is 0 Å². The molecule has 0 fully saturated rings. The molecule has 0 saturated heterocycles. The van der Waals surface area contributed by atoms with Crippen molar-refractivity contribution in [1.29, 1.82) is 0 Å². The fraction of sp³-hybridized carbons (Fsp3) is 0.357. The molecule has 0 aliphatic rings. The maximum atomic E-state index is 4.27. The number of nitrogens with one attached hydrogen (secondary N) is 1. The number of aryl methyl sites for hydroxylation is 1. The van der Waals surface area contributed by atoms with E-state index in [4.69, 9.17) is 0 Å². The Morgan fingerprint density at radius 1 is 1.28 bits per heavy atom. The van der Waals surface area contributed by atoms with Gasteiger partial charge in [0.15, 0.2) is 0 Å². The van der Waals surface area contributed by atoms with Gasteiger partial charge in [-0.3, -0.25) is 10.00 Å². The van der Waals surface area contributed by atoms with Crippen LogP contribution in [0.15, 0.2) is 35.2 Å². The Bertz CT molecular complexity index is 507. The molecule has 18 heavy (non-hydrogen) atoms. The number of hydrogen-bond donors (Lipinski definition) is 1. The highest BCUT2D eigenvalue weighted by Crippen LogP contribution is 2.21. The van der Waals surface area contributed by atoms with E-state index in [-0.39, 0.29) is 0 Å². The molecule has 0 radical (unpaired) electrons. The van der Waals surface area contributed by atoms with Gasteiger partial charge in [0.2, 0.25) is 0 Å². The van der Waals surface area contributed by atoms with Crippen LogP contribution in [-0.2, 0) is 13.1 Å². The van der Waals surface area contributed by atoms with Crippen molar-refractivity contribution >= 4 is 11.8 Å². The topological polar surface area (TPSA) is 31.9 Å². The maximum absolute atomic E-state index is 4.27. The van der Waals surface area contributed by atoms with Crippen LogP contribution in [0.5, 0.6) is 0 Å². The first-order valence-electron chi connectivity index (χ1n) is 6.00. The Balaban J connectivity index is 2.00. The third-order valence-electron chi connectivity index (χ3n) is 2.82. The first kappa shape index (κ1) is 13.2. The van der Waals surface area contributed by atoms with Crippen LogP contribution in [0.3, 0.4) is 0 Å². The molecule has 0 aliphatic heterocycles. The Morgan fingerprint density at radius 3 is 2.72 bits per heavy atom. The molecule has 2 aromatic rings. The fourth-order valence-electron chi connectivity index (χ4n) is 2.01. The van der Waals surface area contributed by atoms with Crippen molar-refractivity contribution in [2.24, 2.45) is 0 Å². The standard InChI is InChI=1S/C14H19N3S/c1-11-8-13(16-15-11)10-17(2)9-12-6-4-5-7-14(12)18-3/h4-8H,9-10H2,1-3H3,(H,15,16). The zero-order chi connectivity index (χ0) is 13.0. The maximum Gasteiger partial charge on any atom is 0.0765 e. The highest BCUT2D eigenvalue weighted by Gasteiger charge is 2.07. The van der Waals surface area contributed by atoms with Gasteiger partial charge in [0.1, 0.15) is 0 Å². The summed E-state index contributed by atoms with van der Waals surface area (Å²) >= 11 is 1.80. The summed E-state index contributed by atoms with van der Waals surface area (Å²) in [4.78, 5) is 3.63. The van der Waals surface area contributed by atoms with Crippen molar-refractivity contribution in [1.82, 2.24) is 15.1 Å². The number of aromatic amines is 1. The molecule has 1 N–H and O–H groups in total. The molecule has 4 heteroatoms. The third-order valence-corrected chi connectivity index (χ3v) is 3.66. The van der Waals surface area contributed by atoms with E-state index in [9.17, 15) is 0 Å². The lowest BCUT2D eigenvalue weighted by Crippen LogP contribution is -2.17. The quantitative estimate of drug-likeness (QED) is 0.839. The van der Waals surface area contributed by atoms with Crippen LogP contribution in [0, 0.1) is 6.92 Å².